The van der Waals surface area contributed by atoms with E-state index in [9.17, 15) is 9.59 Å². The smallest absolute Gasteiger partial charge is 0.253 e. The summed E-state index contributed by atoms with van der Waals surface area (Å²) in [7, 11) is 5.31. The van der Waals surface area contributed by atoms with Gasteiger partial charge in [-0.25, -0.2) is 0 Å². The minimum atomic E-state index is -0.0330. The molecule has 0 aromatic heterocycles. The fourth-order valence-corrected chi connectivity index (χ4v) is 1.87. The van der Waals surface area contributed by atoms with Crippen LogP contribution in [0.25, 0.3) is 0 Å². The van der Waals surface area contributed by atoms with Gasteiger partial charge in [-0.1, -0.05) is 0 Å². The van der Waals surface area contributed by atoms with Crippen molar-refractivity contribution in [2.45, 2.75) is 19.8 Å². The molecule has 0 aliphatic carbocycles. The molecule has 0 aliphatic rings. The van der Waals surface area contributed by atoms with E-state index in [1.807, 2.05) is 20.0 Å². The summed E-state index contributed by atoms with van der Waals surface area (Å²) < 4.78 is 0. The monoisotopic (exact) mass is 277 g/mol. The summed E-state index contributed by atoms with van der Waals surface area (Å²) in [5.41, 5.74) is 2.24. The quantitative estimate of drug-likeness (QED) is 0.777. The van der Waals surface area contributed by atoms with E-state index in [4.69, 9.17) is 0 Å². The zero-order valence-electron chi connectivity index (χ0n) is 12.6. The van der Waals surface area contributed by atoms with Crippen molar-refractivity contribution in [3.05, 3.63) is 29.3 Å². The summed E-state index contributed by atoms with van der Waals surface area (Å²) in [6.07, 6.45) is 1.29. The summed E-state index contributed by atoms with van der Waals surface area (Å²) in [4.78, 5) is 25.2. The number of rotatable bonds is 6. The molecule has 0 atom stereocenters. The molecule has 0 saturated carbocycles. The minimum Gasteiger partial charge on any atom is -0.345 e. The van der Waals surface area contributed by atoms with E-state index < -0.39 is 0 Å². The Morgan fingerprint density at radius 3 is 2.50 bits per heavy atom. The highest BCUT2D eigenvalue weighted by atomic mass is 16.2. The maximum Gasteiger partial charge on any atom is 0.253 e. The average Bonchev–Trinajstić information content (AvgIpc) is 2.38. The summed E-state index contributed by atoms with van der Waals surface area (Å²) in [5, 5.41) is 5.85. The van der Waals surface area contributed by atoms with Gasteiger partial charge in [0, 0.05) is 31.8 Å². The van der Waals surface area contributed by atoms with Crippen LogP contribution in [0, 0.1) is 6.92 Å². The van der Waals surface area contributed by atoms with Gasteiger partial charge < -0.3 is 15.5 Å². The first-order valence-corrected chi connectivity index (χ1v) is 6.72. The van der Waals surface area contributed by atoms with Crippen LogP contribution >= 0.6 is 0 Å². The van der Waals surface area contributed by atoms with Gasteiger partial charge in [-0.15, -0.1) is 0 Å². The van der Waals surface area contributed by atoms with E-state index in [0.717, 1.165) is 24.2 Å². The molecule has 0 heterocycles. The molecule has 0 unspecified atom stereocenters. The molecule has 5 heteroatoms. The van der Waals surface area contributed by atoms with Crippen molar-refractivity contribution in [2.24, 2.45) is 0 Å². The van der Waals surface area contributed by atoms with Crippen LogP contribution in [-0.2, 0) is 4.79 Å². The predicted molar refractivity (Wildman–Crippen MR) is 81.0 cm³/mol. The van der Waals surface area contributed by atoms with Gasteiger partial charge >= 0.3 is 0 Å². The molecule has 5 nitrogen and oxygen atoms in total. The second-order valence-electron chi connectivity index (χ2n) is 4.98. The lowest BCUT2D eigenvalue weighted by Crippen LogP contribution is -2.22. The number of carbonyl (C=O) groups is 2. The van der Waals surface area contributed by atoms with Crippen molar-refractivity contribution in [3.63, 3.8) is 0 Å². The molecule has 0 fully saturated rings. The second kappa shape index (κ2) is 7.65. The van der Waals surface area contributed by atoms with Crippen LogP contribution in [0.3, 0.4) is 0 Å². The number of carbonyl (C=O) groups excluding carboxylic acids is 2. The lowest BCUT2D eigenvalue weighted by atomic mass is 10.1. The van der Waals surface area contributed by atoms with Crippen LogP contribution in [0.15, 0.2) is 18.2 Å². The maximum atomic E-state index is 11.9. The summed E-state index contributed by atoms with van der Waals surface area (Å²) in [6, 6.07) is 5.34. The largest absolute Gasteiger partial charge is 0.345 e. The Morgan fingerprint density at radius 2 is 1.95 bits per heavy atom. The molecule has 2 amide bonds. The average molecular weight is 277 g/mol. The van der Waals surface area contributed by atoms with E-state index in [2.05, 4.69) is 10.6 Å². The third-order valence-corrected chi connectivity index (χ3v) is 2.98. The van der Waals surface area contributed by atoms with E-state index in [1.165, 1.54) is 0 Å². The highest BCUT2D eigenvalue weighted by Gasteiger charge is 2.11. The fraction of sp³-hybridized carbons (Fsp3) is 0.467. The molecule has 2 N–H and O–H groups in total. The summed E-state index contributed by atoms with van der Waals surface area (Å²) in [5.74, 6) is -0.0410. The first kappa shape index (κ1) is 16.2. The number of benzene rings is 1. The lowest BCUT2D eigenvalue weighted by molar-refractivity contribution is -0.116. The van der Waals surface area contributed by atoms with Crippen LogP contribution in [0.2, 0.25) is 0 Å². The van der Waals surface area contributed by atoms with Gasteiger partial charge in [0.25, 0.3) is 5.91 Å². The first-order chi connectivity index (χ1) is 9.45. The normalized spacial score (nSPS) is 10.2. The molecule has 20 heavy (non-hydrogen) atoms. The van der Waals surface area contributed by atoms with E-state index in [-0.39, 0.29) is 11.8 Å². The number of hydrogen-bond donors (Lipinski definition) is 2. The van der Waals surface area contributed by atoms with Crippen molar-refractivity contribution < 1.29 is 9.59 Å². The second-order valence-corrected chi connectivity index (χ2v) is 4.98. The molecule has 0 aliphatic heterocycles. The Kier molecular flexibility index (Phi) is 6.18. The highest BCUT2D eigenvalue weighted by Crippen LogP contribution is 2.16. The molecule has 110 valence electrons. The number of nitrogens with one attached hydrogen (secondary N) is 2. The van der Waals surface area contributed by atoms with Crippen LogP contribution in [0.4, 0.5) is 5.69 Å². The first-order valence-electron chi connectivity index (χ1n) is 6.72. The van der Waals surface area contributed by atoms with Gasteiger partial charge in [-0.3, -0.25) is 9.59 Å². The van der Waals surface area contributed by atoms with E-state index in [0.29, 0.717) is 12.0 Å². The number of hydrogen-bond acceptors (Lipinski definition) is 3. The maximum absolute atomic E-state index is 11.9. The van der Waals surface area contributed by atoms with Gasteiger partial charge in [0.05, 0.1) is 0 Å². The Hall–Kier alpha value is -1.88. The zero-order valence-corrected chi connectivity index (χ0v) is 12.6. The van der Waals surface area contributed by atoms with Crippen LogP contribution in [-0.4, -0.2) is 44.4 Å². The third-order valence-electron chi connectivity index (χ3n) is 2.98. The van der Waals surface area contributed by atoms with Gasteiger partial charge in [0.2, 0.25) is 5.91 Å². The SMILES string of the molecule is CNCCCC(=O)Nc1ccc(C(=O)N(C)C)c(C)c1. The van der Waals surface area contributed by atoms with Crippen molar-refractivity contribution in [1.82, 2.24) is 10.2 Å². The van der Waals surface area contributed by atoms with Crippen molar-refractivity contribution in [2.75, 3.05) is 33.0 Å². The number of anilines is 1. The fourth-order valence-electron chi connectivity index (χ4n) is 1.87. The molecule has 0 saturated heterocycles. The third kappa shape index (κ3) is 4.66. The number of aryl methyl sites for hydroxylation is 1. The van der Waals surface area contributed by atoms with E-state index >= 15 is 0 Å². The van der Waals surface area contributed by atoms with Gasteiger partial charge in [-0.05, 0) is 50.7 Å². The van der Waals surface area contributed by atoms with Crippen molar-refractivity contribution >= 4 is 17.5 Å². The molecule has 1 aromatic carbocycles. The Balaban J connectivity index is 2.68. The molecule has 1 rings (SSSR count). The standard InChI is InChI=1S/C15H23N3O2/c1-11-10-12(17-14(19)6-5-9-16-2)7-8-13(11)15(20)18(3)4/h7-8,10,16H,5-6,9H2,1-4H3,(H,17,19). The van der Waals surface area contributed by atoms with E-state index in [1.54, 1.807) is 31.1 Å². The Labute approximate surface area is 120 Å². The summed E-state index contributed by atoms with van der Waals surface area (Å²) in [6.45, 7) is 2.69. The van der Waals surface area contributed by atoms with Crippen LogP contribution < -0.4 is 10.6 Å². The molecule has 0 bridgehead atoms. The highest BCUT2D eigenvalue weighted by molar-refractivity contribution is 5.97. The van der Waals surface area contributed by atoms with Crippen molar-refractivity contribution in [1.29, 1.82) is 0 Å². The molecular weight excluding hydrogens is 254 g/mol. The topological polar surface area (TPSA) is 61.4 Å². The Bertz CT molecular complexity index is 484. The molecule has 0 radical (unpaired) electrons. The molecule has 0 spiro atoms. The van der Waals surface area contributed by atoms with Gasteiger partial charge in [0.15, 0.2) is 0 Å². The van der Waals surface area contributed by atoms with Crippen LogP contribution in [0.1, 0.15) is 28.8 Å². The lowest BCUT2D eigenvalue weighted by Gasteiger charge is -2.13. The van der Waals surface area contributed by atoms with Crippen molar-refractivity contribution in [3.8, 4) is 0 Å². The summed E-state index contributed by atoms with van der Waals surface area (Å²) >= 11 is 0. The van der Waals surface area contributed by atoms with Gasteiger partial charge in [0.1, 0.15) is 0 Å². The Morgan fingerprint density at radius 1 is 1.25 bits per heavy atom. The minimum absolute atomic E-state index is 0.00802. The predicted octanol–water partition coefficient (Wildman–Crippen LogP) is 1.63. The molecular formula is C15H23N3O2. The number of nitrogens with zero attached hydrogens (tertiary/aromatic N) is 1. The van der Waals surface area contributed by atoms with Gasteiger partial charge in [-0.2, -0.15) is 0 Å². The molecule has 1 aromatic rings. The van der Waals surface area contributed by atoms with Crippen LogP contribution in [0.5, 0.6) is 0 Å². The zero-order chi connectivity index (χ0) is 15.1. The number of amides is 2.